The van der Waals surface area contributed by atoms with Crippen LogP contribution in [0.4, 0.5) is 5.69 Å². The van der Waals surface area contributed by atoms with Crippen molar-refractivity contribution in [2.45, 2.75) is 45.4 Å². The SMILES string of the molecule is Cc1c(-c2cccc(NC(=O)C34CC5CC(CC(C5)C3)C4)c2)nc2ncccn12. The second-order valence-electron chi connectivity index (χ2n) is 9.57. The number of rotatable bonds is 3. The molecule has 0 atom stereocenters. The number of carbonyl (C=O) groups is 1. The monoisotopic (exact) mass is 386 g/mol. The number of aromatic nitrogens is 3. The molecule has 5 heteroatoms. The van der Waals surface area contributed by atoms with Gasteiger partial charge in [-0.3, -0.25) is 9.20 Å². The lowest BCUT2D eigenvalue weighted by atomic mass is 9.49. The number of aryl methyl sites for hydroxylation is 1. The van der Waals surface area contributed by atoms with Crippen molar-refractivity contribution < 1.29 is 4.79 Å². The molecule has 0 spiro atoms. The first-order valence-electron chi connectivity index (χ1n) is 10.8. The van der Waals surface area contributed by atoms with Crippen LogP contribution in [-0.2, 0) is 4.79 Å². The molecule has 5 nitrogen and oxygen atoms in total. The lowest BCUT2D eigenvalue weighted by molar-refractivity contribution is -0.140. The van der Waals surface area contributed by atoms with Gasteiger partial charge in [0, 0.05) is 29.3 Å². The van der Waals surface area contributed by atoms with E-state index in [4.69, 9.17) is 4.98 Å². The predicted octanol–water partition coefficient (Wildman–Crippen LogP) is 4.86. The molecule has 0 aliphatic heterocycles. The van der Waals surface area contributed by atoms with E-state index in [2.05, 4.69) is 23.3 Å². The van der Waals surface area contributed by atoms with E-state index in [9.17, 15) is 4.79 Å². The van der Waals surface area contributed by atoms with Gasteiger partial charge >= 0.3 is 0 Å². The zero-order valence-electron chi connectivity index (χ0n) is 16.8. The van der Waals surface area contributed by atoms with E-state index in [1.807, 2.05) is 34.9 Å². The summed E-state index contributed by atoms with van der Waals surface area (Å²) < 4.78 is 2.00. The number of anilines is 1. The van der Waals surface area contributed by atoms with E-state index in [1.165, 1.54) is 19.3 Å². The third-order valence-corrected chi connectivity index (χ3v) is 7.56. The fourth-order valence-corrected chi connectivity index (χ4v) is 6.67. The molecule has 1 aromatic carbocycles. The summed E-state index contributed by atoms with van der Waals surface area (Å²) in [5.74, 6) is 3.24. The summed E-state index contributed by atoms with van der Waals surface area (Å²) in [4.78, 5) is 22.4. The largest absolute Gasteiger partial charge is 0.326 e. The van der Waals surface area contributed by atoms with Gasteiger partial charge in [0.2, 0.25) is 11.7 Å². The van der Waals surface area contributed by atoms with Crippen molar-refractivity contribution >= 4 is 17.4 Å². The van der Waals surface area contributed by atoms with Gasteiger partial charge < -0.3 is 5.32 Å². The molecular formula is C24H26N4O. The van der Waals surface area contributed by atoms with E-state index in [0.29, 0.717) is 5.78 Å². The molecule has 4 aliphatic rings. The molecule has 148 valence electrons. The number of amides is 1. The van der Waals surface area contributed by atoms with Crippen LogP contribution in [-0.4, -0.2) is 20.3 Å². The van der Waals surface area contributed by atoms with Crippen LogP contribution in [0.2, 0.25) is 0 Å². The molecule has 1 N–H and O–H groups in total. The quantitative estimate of drug-likeness (QED) is 0.699. The van der Waals surface area contributed by atoms with Crippen molar-refractivity contribution in [3.05, 3.63) is 48.4 Å². The van der Waals surface area contributed by atoms with E-state index in [1.54, 1.807) is 6.20 Å². The molecule has 2 aromatic heterocycles. The van der Waals surface area contributed by atoms with Gasteiger partial charge in [0.15, 0.2) is 0 Å². The lowest BCUT2D eigenvalue weighted by Gasteiger charge is -2.55. The van der Waals surface area contributed by atoms with Crippen molar-refractivity contribution in [2.75, 3.05) is 5.32 Å². The molecule has 7 rings (SSSR count). The third kappa shape index (κ3) is 2.70. The van der Waals surface area contributed by atoms with Crippen LogP contribution in [0.15, 0.2) is 42.7 Å². The van der Waals surface area contributed by atoms with Gasteiger partial charge in [0.05, 0.1) is 11.1 Å². The Balaban J connectivity index is 1.29. The fourth-order valence-electron chi connectivity index (χ4n) is 6.67. The van der Waals surface area contributed by atoms with Gasteiger partial charge in [-0.1, -0.05) is 12.1 Å². The Morgan fingerprint density at radius 1 is 1.10 bits per heavy atom. The minimum atomic E-state index is -0.131. The van der Waals surface area contributed by atoms with Crippen LogP contribution >= 0.6 is 0 Å². The number of nitrogens with one attached hydrogen (secondary N) is 1. The molecule has 1 amide bonds. The molecule has 4 bridgehead atoms. The Morgan fingerprint density at radius 3 is 2.52 bits per heavy atom. The first-order chi connectivity index (χ1) is 14.1. The predicted molar refractivity (Wildman–Crippen MR) is 112 cm³/mol. The normalized spacial score (nSPS) is 30.0. The number of benzene rings is 1. The molecule has 4 saturated carbocycles. The Bertz CT molecular complexity index is 1080. The maximum absolute atomic E-state index is 13.4. The molecule has 2 heterocycles. The highest BCUT2D eigenvalue weighted by Gasteiger charge is 2.54. The maximum atomic E-state index is 13.4. The zero-order valence-corrected chi connectivity index (χ0v) is 16.8. The van der Waals surface area contributed by atoms with Crippen LogP contribution in [0, 0.1) is 30.1 Å². The van der Waals surface area contributed by atoms with Crippen LogP contribution in [0.25, 0.3) is 17.0 Å². The Morgan fingerprint density at radius 2 is 1.83 bits per heavy atom. The molecule has 0 radical (unpaired) electrons. The highest BCUT2D eigenvalue weighted by molar-refractivity contribution is 5.96. The Labute approximate surface area is 170 Å². The molecule has 4 fully saturated rings. The summed E-state index contributed by atoms with van der Waals surface area (Å²) in [6.45, 7) is 2.05. The van der Waals surface area contributed by atoms with Gasteiger partial charge in [0.25, 0.3) is 0 Å². The number of hydrogen-bond donors (Lipinski definition) is 1. The van der Waals surface area contributed by atoms with E-state index in [-0.39, 0.29) is 11.3 Å². The average Bonchev–Trinajstić information content (AvgIpc) is 3.04. The number of hydrogen-bond acceptors (Lipinski definition) is 3. The van der Waals surface area contributed by atoms with Gasteiger partial charge in [-0.25, -0.2) is 9.97 Å². The van der Waals surface area contributed by atoms with Crippen molar-refractivity contribution in [2.24, 2.45) is 23.2 Å². The van der Waals surface area contributed by atoms with Crippen molar-refractivity contribution in [3.8, 4) is 11.3 Å². The maximum Gasteiger partial charge on any atom is 0.234 e. The Kier molecular flexibility index (Phi) is 3.65. The summed E-state index contributed by atoms with van der Waals surface area (Å²) in [5, 5.41) is 3.27. The number of imidazole rings is 1. The second kappa shape index (κ2) is 6.15. The van der Waals surface area contributed by atoms with E-state index < -0.39 is 0 Å². The molecule has 4 aliphatic carbocycles. The first-order valence-corrected chi connectivity index (χ1v) is 10.8. The number of nitrogens with zero attached hydrogens (tertiary/aromatic N) is 3. The minimum Gasteiger partial charge on any atom is -0.326 e. The van der Waals surface area contributed by atoms with Crippen LogP contribution in [0.1, 0.15) is 44.2 Å². The van der Waals surface area contributed by atoms with Crippen molar-refractivity contribution in [1.82, 2.24) is 14.4 Å². The minimum absolute atomic E-state index is 0.131. The molecule has 29 heavy (non-hydrogen) atoms. The van der Waals surface area contributed by atoms with Gasteiger partial charge in [-0.15, -0.1) is 0 Å². The smallest absolute Gasteiger partial charge is 0.234 e. The lowest BCUT2D eigenvalue weighted by Crippen LogP contribution is -2.51. The highest BCUT2D eigenvalue weighted by atomic mass is 16.2. The van der Waals surface area contributed by atoms with Crippen LogP contribution in [0.5, 0.6) is 0 Å². The standard InChI is InChI=1S/C24H26N4O/c1-15-21(27-23-25-6-3-7-28(15)23)19-4-2-5-20(11-19)26-22(29)24-12-16-8-17(13-24)10-18(9-16)14-24/h2-7,11,16-18H,8-10,12-14H2,1H3,(H,26,29). The molecule has 0 unspecified atom stereocenters. The van der Waals surface area contributed by atoms with Crippen LogP contribution in [0.3, 0.4) is 0 Å². The van der Waals surface area contributed by atoms with Crippen molar-refractivity contribution in [1.29, 1.82) is 0 Å². The molecule has 0 saturated heterocycles. The van der Waals surface area contributed by atoms with Gasteiger partial charge in [-0.2, -0.15) is 0 Å². The third-order valence-electron chi connectivity index (χ3n) is 7.56. The van der Waals surface area contributed by atoms with Gasteiger partial charge in [0.1, 0.15) is 0 Å². The number of fused-ring (bicyclic) bond motifs is 1. The Hall–Kier alpha value is -2.69. The molecular weight excluding hydrogens is 360 g/mol. The topological polar surface area (TPSA) is 59.3 Å². The van der Waals surface area contributed by atoms with E-state index >= 15 is 0 Å². The summed E-state index contributed by atoms with van der Waals surface area (Å²) in [7, 11) is 0. The summed E-state index contributed by atoms with van der Waals surface area (Å²) >= 11 is 0. The average molecular weight is 386 g/mol. The first kappa shape index (κ1) is 17.2. The number of carbonyl (C=O) groups excluding carboxylic acids is 1. The molecule has 3 aromatic rings. The highest BCUT2D eigenvalue weighted by Crippen LogP contribution is 2.60. The fraction of sp³-hybridized carbons (Fsp3) is 0.458. The van der Waals surface area contributed by atoms with E-state index in [0.717, 1.165) is 59.7 Å². The second-order valence-corrected chi connectivity index (χ2v) is 9.57. The summed E-state index contributed by atoms with van der Waals surface area (Å²) in [6, 6.07) is 10.0. The summed E-state index contributed by atoms with van der Waals surface area (Å²) in [6.07, 6.45) is 11.0. The summed E-state index contributed by atoms with van der Waals surface area (Å²) in [5.41, 5.74) is 3.71. The van der Waals surface area contributed by atoms with Crippen LogP contribution < -0.4 is 5.32 Å². The zero-order chi connectivity index (χ0) is 19.6. The van der Waals surface area contributed by atoms with Gasteiger partial charge in [-0.05, 0) is 81.4 Å². The van der Waals surface area contributed by atoms with Crippen molar-refractivity contribution in [3.63, 3.8) is 0 Å².